The fourth-order valence-corrected chi connectivity index (χ4v) is 1.60. The van der Waals surface area contributed by atoms with E-state index in [0.717, 1.165) is 24.3 Å². The van der Waals surface area contributed by atoms with Gasteiger partial charge in [-0.05, 0) is 18.6 Å². The van der Waals surface area contributed by atoms with Gasteiger partial charge in [0.05, 0.1) is 5.69 Å². The number of rotatable bonds is 3. The quantitative estimate of drug-likeness (QED) is 0.749. The third-order valence-electron chi connectivity index (χ3n) is 2.52. The number of nitrogens with one attached hydrogen (secondary N) is 2. The van der Waals surface area contributed by atoms with Crippen LogP contribution >= 0.6 is 0 Å². The molecule has 2 rings (SSSR count). The maximum atomic E-state index is 10.9. The van der Waals surface area contributed by atoms with Gasteiger partial charge in [0.1, 0.15) is 0 Å². The van der Waals surface area contributed by atoms with Gasteiger partial charge in [-0.3, -0.25) is 9.78 Å². The Morgan fingerprint density at radius 1 is 1.60 bits per heavy atom. The number of carbonyl (C=O) groups excluding carboxylic acids is 1. The van der Waals surface area contributed by atoms with Crippen LogP contribution in [0.3, 0.4) is 0 Å². The summed E-state index contributed by atoms with van der Waals surface area (Å²) in [4.78, 5) is 15.2. The fourth-order valence-electron chi connectivity index (χ4n) is 1.60. The Labute approximate surface area is 89.1 Å². The van der Waals surface area contributed by atoms with Crippen molar-refractivity contribution in [3.05, 3.63) is 29.6 Å². The van der Waals surface area contributed by atoms with Crippen molar-refractivity contribution >= 4 is 5.91 Å². The van der Waals surface area contributed by atoms with Crippen LogP contribution in [-0.4, -0.2) is 23.5 Å². The number of hydrogen-bond acceptors (Lipinski definition) is 3. The second-order valence-corrected chi connectivity index (χ2v) is 3.91. The molecule has 2 heterocycles. The van der Waals surface area contributed by atoms with E-state index < -0.39 is 0 Å². The van der Waals surface area contributed by atoms with E-state index in [0.29, 0.717) is 6.42 Å². The summed E-state index contributed by atoms with van der Waals surface area (Å²) in [5, 5.41) is 6.10. The number of amides is 1. The molecular weight excluding hydrogens is 190 g/mol. The van der Waals surface area contributed by atoms with Crippen LogP contribution in [0.2, 0.25) is 0 Å². The first-order valence-corrected chi connectivity index (χ1v) is 5.15. The summed E-state index contributed by atoms with van der Waals surface area (Å²) in [7, 11) is 0. The lowest BCUT2D eigenvalue weighted by Gasteiger charge is -2.09. The Bertz CT molecular complexity index is 347. The second kappa shape index (κ2) is 4.40. The van der Waals surface area contributed by atoms with Crippen LogP contribution in [0.4, 0.5) is 0 Å². The zero-order valence-corrected chi connectivity index (χ0v) is 8.79. The number of carbonyl (C=O) groups is 1. The molecule has 15 heavy (non-hydrogen) atoms. The van der Waals surface area contributed by atoms with E-state index in [1.807, 2.05) is 25.3 Å². The van der Waals surface area contributed by atoms with Gasteiger partial charge in [-0.1, -0.05) is 6.07 Å². The Morgan fingerprint density at radius 2 is 2.47 bits per heavy atom. The first kappa shape index (κ1) is 10.1. The van der Waals surface area contributed by atoms with Gasteiger partial charge in [0.25, 0.3) is 0 Å². The van der Waals surface area contributed by atoms with Crippen molar-refractivity contribution in [2.75, 3.05) is 6.54 Å². The van der Waals surface area contributed by atoms with Crippen LogP contribution in [0, 0.1) is 6.92 Å². The summed E-state index contributed by atoms with van der Waals surface area (Å²) in [5.41, 5.74) is 2.18. The molecule has 1 atom stereocenters. The van der Waals surface area contributed by atoms with E-state index in [9.17, 15) is 4.79 Å². The fraction of sp³-hybridized carbons (Fsp3) is 0.455. The molecule has 0 aromatic carbocycles. The van der Waals surface area contributed by atoms with Gasteiger partial charge in [-0.15, -0.1) is 0 Å². The number of aromatic nitrogens is 1. The smallest absolute Gasteiger partial charge is 0.221 e. The van der Waals surface area contributed by atoms with Gasteiger partial charge >= 0.3 is 0 Å². The van der Waals surface area contributed by atoms with Gasteiger partial charge in [0.15, 0.2) is 0 Å². The van der Waals surface area contributed by atoms with Crippen LogP contribution in [0.15, 0.2) is 18.3 Å². The molecule has 0 spiro atoms. The first-order valence-electron chi connectivity index (χ1n) is 5.15. The molecule has 1 aliphatic heterocycles. The van der Waals surface area contributed by atoms with E-state index in [1.165, 1.54) is 0 Å². The molecule has 1 unspecified atom stereocenters. The predicted octanol–water partition coefficient (Wildman–Crippen LogP) is 0.368. The van der Waals surface area contributed by atoms with Crippen molar-refractivity contribution < 1.29 is 4.79 Å². The minimum atomic E-state index is 0.129. The van der Waals surface area contributed by atoms with Crippen molar-refractivity contribution in [2.45, 2.75) is 25.9 Å². The Kier molecular flexibility index (Phi) is 2.97. The molecule has 0 radical (unpaired) electrons. The van der Waals surface area contributed by atoms with Crippen LogP contribution in [0.1, 0.15) is 17.7 Å². The molecule has 1 aliphatic rings. The molecule has 4 nitrogen and oxygen atoms in total. The van der Waals surface area contributed by atoms with Crippen LogP contribution in [0.5, 0.6) is 0 Å². The molecule has 0 aliphatic carbocycles. The van der Waals surface area contributed by atoms with E-state index in [4.69, 9.17) is 0 Å². The monoisotopic (exact) mass is 205 g/mol. The second-order valence-electron chi connectivity index (χ2n) is 3.91. The van der Waals surface area contributed by atoms with Gasteiger partial charge in [-0.2, -0.15) is 0 Å². The van der Waals surface area contributed by atoms with Crippen LogP contribution in [-0.2, 0) is 11.3 Å². The number of pyridine rings is 1. The molecule has 0 bridgehead atoms. The van der Waals surface area contributed by atoms with Crippen molar-refractivity contribution in [2.24, 2.45) is 0 Å². The lowest BCUT2D eigenvalue weighted by atomic mass is 10.2. The molecule has 1 aromatic rings. The van der Waals surface area contributed by atoms with E-state index in [2.05, 4.69) is 15.6 Å². The highest BCUT2D eigenvalue weighted by Crippen LogP contribution is 2.02. The summed E-state index contributed by atoms with van der Waals surface area (Å²) in [5.74, 6) is 0.129. The minimum absolute atomic E-state index is 0.129. The van der Waals surface area contributed by atoms with Crippen LogP contribution < -0.4 is 10.6 Å². The zero-order valence-electron chi connectivity index (χ0n) is 8.79. The summed E-state index contributed by atoms with van der Waals surface area (Å²) < 4.78 is 0. The third-order valence-corrected chi connectivity index (χ3v) is 2.52. The maximum absolute atomic E-state index is 10.9. The SMILES string of the molecule is Cc1ccc(CNC2CNC(=O)C2)nc1. The third kappa shape index (κ3) is 2.76. The summed E-state index contributed by atoms with van der Waals surface area (Å²) in [6, 6.07) is 4.30. The average molecular weight is 205 g/mol. The Balaban J connectivity index is 1.83. The molecule has 80 valence electrons. The van der Waals surface area contributed by atoms with Crippen molar-refractivity contribution in [1.82, 2.24) is 15.6 Å². The number of nitrogens with zero attached hydrogens (tertiary/aromatic N) is 1. The van der Waals surface area contributed by atoms with Gasteiger partial charge < -0.3 is 10.6 Å². The normalized spacial score (nSPS) is 20.3. The number of hydrogen-bond donors (Lipinski definition) is 2. The van der Waals surface area contributed by atoms with Gasteiger partial charge in [0.2, 0.25) is 5.91 Å². The lowest BCUT2D eigenvalue weighted by molar-refractivity contribution is -0.119. The molecule has 1 aromatic heterocycles. The molecule has 4 heteroatoms. The molecule has 1 fully saturated rings. The van der Waals surface area contributed by atoms with Gasteiger partial charge in [-0.25, -0.2) is 0 Å². The van der Waals surface area contributed by atoms with E-state index in [1.54, 1.807) is 0 Å². The van der Waals surface area contributed by atoms with Crippen LogP contribution in [0.25, 0.3) is 0 Å². The average Bonchev–Trinajstić information content (AvgIpc) is 2.64. The molecule has 1 saturated heterocycles. The maximum Gasteiger partial charge on any atom is 0.221 e. The molecule has 2 N–H and O–H groups in total. The van der Waals surface area contributed by atoms with E-state index in [-0.39, 0.29) is 11.9 Å². The van der Waals surface area contributed by atoms with Crippen molar-refractivity contribution in [3.8, 4) is 0 Å². The van der Waals surface area contributed by atoms with Crippen molar-refractivity contribution in [3.63, 3.8) is 0 Å². The molecular formula is C11H15N3O. The first-order chi connectivity index (χ1) is 7.24. The Morgan fingerprint density at radius 3 is 3.07 bits per heavy atom. The molecule has 1 amide bonds. The predicted molar refractivity (Wildman–Crippen MR) is 57.2 cm³/mol. The highest BCUT2D eigenvalue weighted by Gasteiger charge is 2.20. The topological polar surface area (TPSA) is 54.0 Å². The van der Waals surface area contributed by atoms with Crippen molar-refractivity contribution in [1.29, 1.82) is 0 Å². The largest absolute Gasteiger partial charge is 0.354 e. The highest BCUT2D eigenvalue weighted by atomic mass is 16.1. The lowest BCUT2D eigenvalue weighted by Crippen LogP contribution is -2.30. The van der Waals surface area contributed by atoms with Gasteiger partial charge in [0, 0.05) is 31.7 Å². The summed E-state index contributed by atoms with van der Waals surface area (Å²) in [6.07, 6.45) is 2.43. The zero-order chi connectivity index (χ0) is 10.7. The molecule has 0 saturated carbocycles. The minimum Gasteiger partial charge on any atom is -0.354 e. The van der Waals surface area contributed by atoms with E-state index >= 15 is 0 Å². The highest BCUT2D eigenvalue weighted by molar-refractivity contribution is 5.78. The number of aryl methyl sites for hydroxylation is 1. The summed E-state index contributed by atoms with van der Waals surface area (Å²) in [6.45, 7) is 3.47. The Hall–Kier alpha value is -1.42. The standard InChI is InChI=1S/C11H15N3O/c1-8-2-3-9(12-5-8)6-13-10-4-11(15)14-7-10/h2-3,5,10,13H,4,6-7H2,1H3,(H,14,15). The summed E-state index contributed by atoms with van der Waals surface area (Å²) >= 11 is 0.